The highest BCUT2D eigenvalue weighted by molar-refractivity contribution is 5.96. The van der Waals surface area contributed by atoms with Crippen molar-refractivity contribution in [2.24, 2.45) is 0 Å². The Morgan fingerprint density at radius 3 is 1.66 bits per heavy atom. The van der Waals surface area contributed by atoms with Crippen LogP contribution in [-0.2, 0) is 9.47 Å². The van der Waals surface area contributed by atoms with Gasteiger partial charge in [0, 0.05) is 38.3 Å². The van der Waals surface area contributed by atoms with Crippen molar-refractivity contribution in [1.82, 2.24) is 9.80 Å². The number of carbonyl (C=O) groups is 2. The van der Waals surface area contributed by atoms with Crippen LogP contribution in [-0.4, -0.2) is 79.1 Å². The van der Waals surface area contributed by atoms with Crippen molar-refractivity contribution >= 4 is 17.6 Å². The third-order valence-corrected chi connectivity index (χ3v) is 4.47. The molecule has 0 aliphatic carbocycles. The van der Waals surface area contributed by atoms with Crippen molar-refractivity contribution < 1.29 is 24.0 Å². The van der Waals surface area contributed by atoms with Gasteiger partial charge in [0.25, 0.3) is 5.69 Å². The second-order valence-corrected chi connectivity index (χ2v) is 6.44. The monoisotopic (exact) mass is 397 g/mol. The highest BCUT2D eigenvalue weighted by Gasteiger charge is 2.20. The van der Waals surface area contributed by atoms with Crippen molar-refractivity contribution in [3.63, 3.8) is 0 Å². The molecule has 0 spiro atoms. The van der Waals surface area contributed by atoms with Crippen LogP contribution >= 0.6 is 0 Å². The number of nitro groups is 1. The molecule has 0 aromatic heterocycles. The van der Waals surface area contributed by atoms with Crippen LogP contribution in [0, 0.1) is 33.8 Å². The second-order valence-electron chi connectivity index (χ2n) is 6.44. The minimum absolute atomic E-state index is 0.118. The Morgan fingerprint density at radius 2 is 1.24 bits per heavy atom. The van der Waals surface area contributed by atoms with Gasteiger partial charge >= 0.3 is 11.9 Å². The number of hydrogen-bond donors (Lipinski definition) is 0. The van der Waals surface area contributed by atoms with Gasteiger partial charge in [0.05, 0.1) is 29.1 Å². The predicted molar refractivity (Wildman–Crippen MR) is 102 cm³/mol. The number of nitro benzene ring substituents is 1. The fourth-order valence-electron chi connectivity index (χ4n) is 2.87. The third kappa shape index (κ3) is 5.79. The van der Waals surface area contributed by atoms with Gasteiger partial charge in [-0.3, -0.25) is 19.9 Å². The Balaban J connectivity index is 1.82. The SMILES string of the molecule is O=C1OCC#CCN2CCN(CC#CCOC(=O)c3cc1cc([N+](=O)[O-])c3)CC2. The zero-order chi connectivity index (χ0) is 20.6. The second kappa shape index (κ2) is 9.69. The lowest BCUT2D eigenvalue weighted by atomic mass is 10.1. The molecule has 1 aromatic rings. The smallest absolute Gasteiger partial charge is 0.339 e. The number of ether oxygens (including phenoxy) is 2. The molecule has 0 saturated carbocycles. The first-order chi connectivity index (χ1) is 14.0. The highest BCUT2D eigenvalue weighted by atomic mass is 16.6. The van der Waals surface area contributed by atoms with E-state index >= 15 is 0 Å². The number of rotatable bonds is 1. The molecule has 0 unspecified atom stereocenters. The van der Waals surface area contributed by atoms with E-state index in [1.54, 1.807) is 0 Å². The first kappa shape index (κ1) is 20.3. The van der Waals surface area contributed by atoms with Gasteiger partial charge in [-0.2, -0.15) is 0 Å². The summed E-state index contributed by atoms with van der Waals surface area (Å²) in [6, 6.07) is 3.30. The van der Waals surface area contributed by atoms with Gasteiger partial charge in [-0.25, -0.2) is 9.59 Å². The molecule has 3 aliphatic heterocycles. The molecule has 4 bridgehead atoms. The van der Waals surface area contributed by atoms with Gasteiger partial charge in [0.2, 0.25) is 0 Å². The largest absolute Gasteiger partial charge is 0.449 e. The Bertz CT molecular complexity index is 863. The van der Waals surface area contributed by atoms with Crippen molar-refractivity contribution in [1.29, 1.82) is 0 Å². The van der Waals surface area contributed by atoms with E-state index < -0.39 is 22.5 Å². The average molecular weight is 397 g/mol. The normalized spacial score (nSPS) is 22.3. The zero-order valence-electron chi connectivity index (χ0n) is 15.7. The van der Waals surface area contributed by atoms with Crippen LogP contribution in [0.3, 0.4) is 0 Å². The number of piperazine rings is 1. The van der Waals surface area contributed by atoms with Gasteiger partial charge in [-0.15, -0.1) is 0 Å². The molecule has 0 atom stereocenters. The summed E-state index contributed by atoms with van der Waals surface area (Å²) in [5.41, 5.74) is -0.647. The van der Waals surface area contributed by atoms with Crippen LogP contribution in [0.15, 0.2) is 18.2 Å². The summed E-state index contributed by atoms with van der Waals surface area (Å²) in [4.78, 5) is 39.3. The number of fused-ring (bicyclic) bond motifs is 10. The van der Waals surface area contributed by atoms with Gasteiger partial charge in [-0.05, 0) is 6.07 Å². The maximum atomic E-state index is 12.2. The van der Waals surface area contributed by atoms with E-state index in [1.165, 1.54) is 6.07 Å². The summed E-state index contributed by atoms with van der Waals surface area (Å²) in [6.07, 6.45) is 0. The first-order valence-electron chi connectivity index (χ1n) is 9.03. The van der Waals surface area contributed by atoms with Crippen molar-refractivity contribution in [2.75, 3.05) is 52.5 Å². The molecule has 29 heavy (non-hydrogen) atoms. The van der Waals surface area contributed by atoms with E-state index in [0.717, 1.165) is 38.3 Å². The van der Waals surface area contributed by atoms with E-state index in [4.69, 9.17) is 9.47 Å². The lowest BCUT2D eigenvalue weighted by Gasteiger charge is -2.32. The van der Waals surface area contributed by atoms with Gasteiger partial charge in [0.1, 0.15) is 0 Å². The number of carbonyl (C=O) groups excluding carboxylic acids is 2. The van der Waals surface area contributed by atoms with Crippen LogP contribution in [0.25, 0.3) is 0 Å². The summed E-state index contributed by atoms with van der Waals surface area (Å²) in [5, 5.41) is 11.1. The molecule has 0 N–H and O–H groups in total. The van der Waals surface area contributed by atoms with Gasteiger partial charge in [-0.1, -0.05) is 23.7 Å². The average Bonchev–Trinajstić information content (AvgIpc) is 2.73. The van der Waals surface area contributed by atoms with E-state index in [2.05, 4.69) is 33.5 Å². The molecule has 1 aromatic carbocycles. The van der Waals surface area contributed by atoms with E-state index in [1.807, 2.05) is 0 Å². The number of nitrogens with zero attached hydrogens (tertiary/aromatic N) is 3. The Morgan fingerprint density at radius 1 is 0.793 bits per heavy atom. The number of esters is 2. The summed E-state index contributed by atoms with van der Waals surface area (Å²) >= 11 is 0. The Labute approximate surface area is 167 Å². The number of non-ortho nitro benzene ring substituents is 1. The lowest BCUT2D eigenvalue weighted by Crippen LogP contribution is -2.46. The molecule has 150 valence electrons. The maximum Gasteiger partial charge on any atom is 0.339 e. The fraction of sp³-hybridized carbons (Fsp3) is 0.400. The molecular weight excluding hydrogens is 378 g/mol. The van der Waals surface area contributed by atoms with Gasteiger partial charge in [0.15, 0.2) is 13.2 Å². The molecule has 1 saturated heterocycles. The van der Waals surface area contributed by atoms with Gasteiger partial charge < -0.3 is 9.47 Å². The van der Waals surface area contributed by atoms with E-state index in [9.17, 15) is 19.7 Å². The van der Waals surface area contributed by atoms with Crippen LogP contribution in [0.4, 0.5) is 5.69 Å². The van der Waals surface area contributed by atoms with Crippen molar-refractivity contribution in [3.8, 4) is 23.7 Å². The zero-order valence-corrected chi connectivity index (χ0v) is 15.7. The summed E-state index contributed by atoms with van der Waals surface area (Å²) in [5.74, 6) is 9.85. The molecule has 3 aliphatic rings. The number of benzene rings is 1. The van der Waals surface area contributed by atoms with Crippen LogP contribution in [0.1, 0.15) is 20.7 Å². The molecule has 0 amide bonds. The summed E-state index contributed by atoms with van der Waals surface area (Å²) in [7, 11) is 0. The topological polar surface area (TPSA) is 102 Å². The molecule has 1 fully saturated rings. The molecule has 0 radical (unpaired) electrons. The quantitative estimate of drug-likeness (QED) is 0.293. The van der Waals surface area contributed by atoms with Crippen LogP contribution in [0.5, 0.6) is 0 Å². The van der Waals surface area contributed by atoms with Crippen molar-refractivity contribution in [3.05, 3.63) is 39.4 Å². The van der Waals surface area contributed by atoms with Crippen LogP contribution < -0.4 is 0 Å². The Kier molecular flexibility index (Phi) is 6.80. The highest BCUT2D eigenvalue weighted by Crippen LogP contribution is 2.19. The minimum Gasteiger partial charge on any atom is -0.449 e. The summed E-state index contributed by atoms with van der Waals surface area (Å²) < 4.78 is 10.1. The molecule has 9 nitrogen and oxygen atoms in total. The van der Waals surface area contributed by atoms with Crippen molar-refractivity contribution in [2.45, 2.75) is 0 Å². The molecular formula is C20H19N3O6. The van der Waals surface area contributed by atoms with Crippen LogP contribution in [0.2, 0.25) is 0 Å². The van der Waals surface area contributed by atoms with E-state index in [0.29, 0.717) is 13.1 Å². The fourth-order valence-corrected chi connectivity index (χ4v) is 2.87. The number of hydrogen-bond acceptors (Lipinski definition) is 8. The maximum absolute atomic E-state index is 12.2. The minimum atomic E-state index is -0.802. The molecule has 9 heteroatoms. The summed E-state index contributed by atoms with van der Waals surface area (Å²) in [6.45, 7) is 4.30. The molecule has 4 rings (SSSR count). The third-order valence-electron chi connectivity index (χ3n) is 4.47. The Hall–Kier alpha value is -3.40. The molecule has 3 heterocycles. The standard InChI is InChI=1S/C20H19N3O6/c24-19-16-13-17(15-18(14-16)23(26)27)20(25)29-12-4-2-6-22-9-7-21(8-10-22)5-1-3-11-28-19/h13-15H,5-12H2. The predicted octanol–water partition coefficient (Wildman–Crippen LogP) is 0.546. The first-order valence-corrected chi connectivity index (χ1v) is 9.03. The lowest BCUT2D eigenvalue weighted by molar-refractivity contribution is -0.384. The van der Waals surface area contributed by atoms with E-state index in [-0.39, 0.29) is 24.3 Å².